The highest BCUT2D eigenvalue weighted by Gasteiger charge is 2.31. The maximum Gasteiger partial charge on any atom is 0.193 e. The van der Waals surface area contributed by atoms with Crippen molar-refractivity contribution in [1.82, 2.24) is 15.1 Å². The van der Waals surface area contributed by atoms with Crippen molar-refractivity contribution >= 4 is 29.9 Å². The van der Waals surface area contributed by atoms with Gasteiger partial charge >= 0.3 is 0 Å². The van der Waals surface area contributed by atoms with Crippen LogP contribution in [0.3, 0.4) is 0 Å². The zero-order valence-electron chi connectivity index (χ0n) is 15.6. The molecule has 2 aliphatic heterocycles. The van der Waals surface area contributed by atoms with Gasteiger partial charge in [-0.2, -0.15) is 0 Å². The molecule has 2 saturated heterocycles. The van der Waals surface area contributed by atoms with Crippen molar-refractivity contribution in [3.05, 3.63) is 0 Å². The number of hydrogen-bond acceptors (Lipinski definition) is 2. The molecule has 0 saturated carbocycles. The molecule has 0 bridgehead atoms. The summed E-state index contributed by atoms with van der Waals surface area (Å²) < 4.78 is 0. The number of piperidine rings is 1. The highest BCUT2D eigenvalue weighted by atomic mass is 127. The highest BCUT2D eigenvalue weighted by Crippen LogP contribution is 2.33. The van der Waals surface area contributed by atoms with Crippen molar-refractivity contribution in [1.29, 1.82) is 0 Å². The third kappa shape index (κ3) is 6.07. The van der Waals surface area contributed by atoms with Gasteiger partial charge in [0.25, 0.3) is 0 Å². The lowest BCUT2D eigenvalue weighted by molar-refractivity contribution is 0.142. The summed E-state index contributed by atoms with van der Waals surface area (Å²) in [6.45, 7) is 14.1. The van der Waals surface area contributed by atoms with Crippen LogP contribution in [-0.4, -0.2) is 62.1 Å². The zero-order valence-corrected chi connectivity index (χ0v) is 17.9. The summed E-state index contributed by atoms with van der Waals surface area (Å²) in [7, 11) is 1.93. The van der Waals surface area contributed by atoms with Crippen molar-refractivity contribution in [2.45, 2.75) is 52.9 Å². The Hall–Kier alpha value is -0.0400. The Balaban J connectivity index is 0.00000264. The molecule has 0 amide bonds. The van der Waals surface area contributed by atoms with Crippen molar-refractivity contribution < 1.29 is 0 Å². The smallest absolute Gasteiger partial charge is 0.193 e. The molecule has 2 aliphatic rings. The van der Waals surface area contributed by atoms with E-state index in [1.54, 1.807) is 0 Å². The predicted molar refractivity (Wildman–Crippen MR) is 111 cm³/mol. The van der Waals surface area contributed by atoms with E-state index in [1.807, 2.05) is 7.05 Å². The molecule has 5 heteroatoms. The fourth-order valence-corrected chi connectivity index (χ4v) is 4.24. The first-order valence-corrected chi connectivity index (χ1v) is 9.28. The summed E-state index contributed by atoms with van der Waals surface area (Å²) in [5.41, 5.74) is 0.469. The normalized spacial score (nSPS) is 29.5. The first kappa shape index (κ1) is 21.0. The van der Waals surface area contributed by atoms with E-state index in [-0.39, 0.29) is 24.0 Å². The lowest BCUT2D eigenvalue weighted by atomic mass is 9.78. The van der Waals surface area contributed by atoms with E-state index in [0.717, 1.165) is 31.5 Å². The van der Waals surface area contributed by atoms with Crippen molar-refractivity contribution in [3.8, 4) is 0 Å². The van der Waals surface area contributed by atoms with Crippen molar-refractivity contribution in [3.63, 3.8) is 0 Å². The second-order valence-corrected chi connectivity index (χ2v) is 7.56. The van der Waals surface area contributed by atoms with E-state index in [4.69, 9.17) is 0 Å². The molecule has 2 rings (SSSR count). The van der Waals surface area contributed by atoms with Crippen LogP contribution in [0.25, 0.3) is 0 Å². The summed E-state index contributed by atoms with van der Waals surface area (Å²) in [5.74, 6) is 1.90. The van der Waals surface area contributed by atoms with E-state index in [0.29, 0.717) is 5.41 Å². The molecule has 4 nitrogen and oxygen atoms in total. The van der Waals surface area contributed by atoms with E-state index >= 15 is 0 Å². The van der Waals surface area contributed by atoms with Crippen molar-refractivity contribution in [2.75, 3.05) is 46.3 Å². The molecule has 0 aromatic heterocycles. The monoisotopic (exact) mass is 436 g/mol. The van der Waals surface area contributed by atoms with Crippen LogP contribution in [0, 0.1) is 11.3 Å². The van der Waals surface area contributed by atoms with Gasteiger partial charge in [-0.25, -0.2) is 0 Å². The van der Waals surface area contributed by atoms with Crippen LogP contribution in [0.5, 0.6) is 0 Å². The summed E-state index contributed by atoms with van der Waals surface area (Å²) >= 11 is 0. The molecule has 2 unspecified atom stereocenters. The lowest BCUT2D eigenvalue weighted by Crippen LogP contribution is -2.50. The quantitative estimate of drug-likeness (QED) is 0.407. The van der Waals surface area contributed by atoms with Gasteiger partial charge in [-0.1, -0.05) is 27.2 Å². The molecule has 0 aromatic carbocycles. The molecule has 2 atom stereocenters. The van der Waals surface area contributed by atoms with Gasteiger partial charge < -0.3 is 15.1 Å². The Morgan fingerprint density at radius 3 is 2.70 bits per heavy atom. The van der Waals surface area contributed by atoms with Crippen LogP contribution < -0.4 is 5.32 Å². The van der Waals surface area contributed by atoms with Gasteiger partial charge in [0.1, 0.15) is 0 Å². The minimum atomic E-state index is 0. The lowest BCUT2D eigenvalue weighted by Gasteiger charge is -2.42. The van der Waals surface area contributed by atoms with Crippen LogP contribution in [-0.2, 0) is 0 Å². The van der Waals surface area contributed by atoms with Crippen LogP contribution >= 0.6 is 24.0 Å². The Labute approximate surface area is 160 Å². The molecule has 0 radical (unpaired) electrons. The number of nitrogens with zero attached hydrogens (tertiary/aromatic N) is 3. The number of guanidine groups is 1. The van der Waals surface area contributed by atoms with Crippen LogP contribution in [0.4, 0.5) is 0 Å². The summed E-state index contributed by atoms with van der Waals surface area (Å²) in [5, 5.41) is 3.65. The number of rotatable bonds is 5. The molecule has 23 heavy (non-hydrogen) atoms. The molecular weight excluding hydrogens is 399 g/mol. The van der Waals surface area contributed by atoms with Crippen LogP contribution in [0.2, 0.25) is 0 Å². The zero-order chi connectivity index (χ0) is 16.0. The Bertz CT molecular complexity index is 370. The molecule has 1 N–H and O–H groups in total. The summed E-state index contributed by atoms with van der Waals surface area (Å²) in [4.78, 5) is 9.60. The van der Waals surface area contributed by atoms with Gasteiger partial charge in [0.15, 0.2) is 5.96 Å². The van der Waals surface area contributed by atoms with E-state index < -0.39 is 0 Å². The average molecular weight is 436 g/mol. The number of nitrogens with one attached hydrogen (secondary N) is 1. The fourth-order valence-electron chi connectivity index (χ4n) is 4.24. The predicted octanol–water partition coefficient (Wildman–Crippen LogP) is 3.42. The maximum absolute atomic E-state index is 4.56. The largest absolute Gasteiger partial charge is 0.356 e. The van der Waals surface area contributed by atoms with Gasteiger partial charge in [0, 0.05) is 33.2 Å². The summed E-state index contributed by atoms with van der Waals surface area (Å²) in [6, 6.07) is 0. The van der Waals surface area contributed by atoms with Gasteiger partial charge in [-0.15, -0.1) is 24.0 Å². The molecule has 0 spiro atoms. The number of hydrogen-bond donors (Lipinski definition) is 1. The molecule has 0 aromatic rings. The third-order valence-corrected chi connectivity index (χ3v) is 5.51. The second kappa shape index (κ2) is 10.1. The third-order valence-electron chi connectivity index (χ3n) is 5.51. The Kier molecular flexibility index (Phi) is 9.19. The minimum absolute atomic E-state index is 0. The van der Waals surface area contributed by atoms with Crippen LogP contribution in [0.15, 0.2) is 4.99 Å². The van der Waals surface area contributed by atoms with Crippen molar-refractivity contribution in [2.24, 2.45) is 16.3 Å². The first-order valence-electron chi connectivity index (χ1n) is 9.28. The van der Waals surface area contributed by atoms with E-state index in [9.17, 15) is 0 Å². The molecule has 136 valence electrons. The topological polar surface area (TPSA) is 30.9 Å². The van der Waals surface area contributed by atoms with Crippen LogP contribution in [0.1, 0.15) is 52.9 Å². The Morgan fingerprint density at radius 2 is 2.09 bits per heavy atom. The number of aliphatic imine (C=N–C) groups is 1. The van der Waals surface area contributed by atoms with E-state index in [1.165, 1.54) is 51.7 Å². The maximum atomic E-state index is 4.56. The van der Waals surface area contributed by atoms with Gasteiger partial charge in [0.05, 0.1) is 0 Å². The van der Waals surface area contributed by atoms with Gasteiger partial charge in [-0.3, -0.25) is 4.99 Å². The molecule has 0 aliphatic carbocycles. The molecular formula is C18H37IN4. The van der Waals surface area contributed by atoms with Gasteiger partial charge in [-0.05, 0) is 50.1 Å². The Morgan fingerprint density at radius 1 is 1.30 bits per heavy atom. The summed E-state index contributed by atoms with van der Waals surface area (Å²) in [6.07, 6.45) is 6.60. The molecule has 2 fully saturated rings. The number of likely N-dealkylation sites (tertiary alicyclic amines) is 2. The average Bonchev–Trinajstić information content (AvgIpc) is 2.96. The molecule has 2 heterocycles. The first-order chi connectivity index (χ1) is 10.6. The standard InChI is InChI=1S/C18H36N4.HI/c1-5-9-18(3)10-7-11-22(15-18)17(19-4)20-13-16-8-12-21(6-2)14-16;/h16H,5-15H2,1-4H3,(H,19,20);1H. The van der Waals surface area contributed by atoms with Gasteiger partial charge in [0.2, 0.25) is 0 Å². The second-order valence-electron chi connectivity index (χ2n) is 7.56. The minimum Gasteiger partial charge on any atom is -0.356 e. The SMILES string of the molecule is CCCC1(C)CCCN(C(=NC)NCC2CCN(CC)C2)C1.I. The highest BCUT2D eigenvalue weighted by molar-refractivity contribution is 14.0. The number of halogens is 1. The fraction of sp³-hybridized carbons (Fsp3) is 0.944. The van der Waals surface area contributed by atoms with E-state index in [2.05, 4.69) is 40.9 Å².